The zero-order chi connectivity index (χ0) is 35.0. The van der Waals surface area contributed by atoms with Crippen molar-refractivity contribution >= 4 is 35.8 Å². The number of carboxylic acids is 4. The molecule has 0 unspecified atom stereocenters. The maximum absolute atomic E-state index is 10.6. The summed E-state index contributed by atoms with van der Waals surface area (Å²) in [7, 11) is 0. The lowest BCUT2D eigenvalue weighted by Crippen LogP contribution is -2.36. The lowest BCUT2D eigenvalue weighted by atomic mass is 10.1. The van der Waals surface area contributed by atoms with Crippen LogP contribution < -0.4 is 34.4 Å². The molecular weight excluding hydrogens is 588 g/mol. The predicted octanol–water partition coefficient (Wildman–Crippen LogP) is -2.11. The number of carboxylic acid groups (broad SMARTS) is 4. The Morgan fingerprint density at radius 1 is 0.682 bits per heavy atom. The number of ether oxygens (including phenoxy) is 1. The van der Waals surface area contributed by atoms with Crippen molar-refractivity contribution in [3.05, 3.63) is 29.8 Å². The summed E-state index contributed by atoms with van der Waals surface area (Å²) in [4.78, 5) is 61.7. The second-order valence-electron chi connectivity index (χ2n) is 9.24. The van der Waals surface area contributed by atoms with Crippen LogP contribution in [0, 0.1) is 0 Å². The second-order valence-corrected chi connectivity index (χ2v) is 9.24. The molecule has 0 saturated heterocycles. The highest BCUT2D eigenvalue weighted by atomic mass is 16.6. The molecule has 0 spiro atoms. The SMILES string of the molecule is C[C@H](N)C(=O)OC(=O)[C@H](C)N.NCCCC[C@H](N)C(=O)O.N[C@@H](CCC(=O)O)C(=O)O.N[C@@H](Cc1ccc(O)cc1)C(=O)O. The zero-order valence-corrected chi connectivity index (χ0v) is 24.7. The van der Waals surface area contributed by atoms with Gasteiger partial charge in [-0.05, 0) is 63.8 Å². The van der Waals surface area contributed by atoms with Gasteiger partial charge in [-0.1, -0.05) is 18.6 Å². The Morgan fingerprint density at radius 3 is 1.43 bits per heavy atom. The molecule has 0 aliphatic carbocycles. The Kier molecular flexibility index (Phi) is 25.5. The number of aromatic hydroxyl groups is 1. The van der Waals surface area contributed by atoms with Gasteiger partial charge in [-0.2, -0.15) is 0 Å². The molecule has 1 aromatic carbocycles. The number of esters is 2. The van der Waals surface area contributed by atoms with Gasteiger partial charge in [-0.15, -0.1) is 0 Å². The molecule has 0 fully saturated rings. The monoisotopic (exact) mass is 634 g/mol. The van der Waals surface area contributed by atoms with Crippen LogP contribution in [0.2, 0.25) is 0 Å². The minimum absolute atomic E-state index is 0.0231. The Hall–Kier alpha value is -4.20. The molecule has 0 heterocycles. The molecular formula is C26H46N6O12. The number of hydrogen-bond acceptors (Lipinski definition) is 14. The van der Waals surface area contributed by atoms with E-state index in [1.807, 2.05) is 0 Å². The number of hydrogen-bond donors (Lipinski definition) is 11. The molecule has 17 N–H and O–H groups in total. The Bertz CT molecular complexity index is 1000. The summed E-state index contributed by atoms with van der Waals surface area (Å²) in [5.74, 6) is -5.50. The van der Waals surface area contributed by atoms with Gasteiger partial charge in [0.15, 0.2) is 0 Å². The van der Waals surface area contributed by atoms with Crippen LogP contribution >= 0.6 is 0 Å². The van der Waals surface area contributed by atoms with Crippen molar-refractivity contribution in [3.8, 4) is 5.75 Å². The highest BCUT2D eigenvalue weighted by molar-refractivity contribution is 5.90. The van der Waals surface area contributed by atoms with Crippen LogP contribution in [0.5, 0.6) is 5.75 Å². The molecule has 44 heavy (non-hydrogen) atoms. The lowest BCUT2D eigenvalue weighted by Gasteiger charge is -2.06. The van der Waals surface area contributed by atoms with Crippen molar-refractivity contribution in [2.75, 3.05) is 6.54 Å². The topological polar surface area (TPSA) is 369 Å². The molecule has 0 bridgehead atoms. The van der Waals surface area contributed by atoms with Crippen molar-refractivity contribution in [1.29, 1.82) is 0 Å². The van der Waals surface area contributed by atoms with E-state index >= 15 is 0 Å². The first-order chi connectivity index (χ1) is 20.3. The van der Waals surface area contributed by atoms with Gasteiger partial charge in [0.05, 0.1) is 0 Å². The molecule has 0 aliphatic heterocycles. The average molecular weight is 635 g/mol. The summed E-state index contributed by atoms with van der Waals surface area (Å²) in [5.41, 5.74) is 31.8. The fraction of sp³-hybridized carbons (Fsp3) is 0.538. The average Bonchev–Trinajstić information content (AvgIpc) is 2.93. The van der Waals surface area contributed by atoms with Crippen LogP contribution in [0.3, 0.4) is 0 Å². The summed E-state index contributed by atoms with van der Waals surface area (Å²) in [6.07, 6.45) is 2.21. The van der Waals surface area contributed by atoms with Crippen LogP contribution in [0.15, 0.2) is 24.3 Å². The van der Waals surface area contributed by atoms with Gasteiger partial charge in [0, 0.05) is 6.42 Å². The fourth-order valence-corrected chi connectivity index (χ4v) is 2.29. The van der Waals surface area contributed by atoms with Crippen molar-refractivity contribution in [3.63, 3.8) is 0 Å². The number of rotatable bonds is 14. The van der Waals surface area contributed by atoms with Gasteiger partial charge in [0.25, 0.3) is 0 Å². The Labute approximate surface area is 254 Å². The van der Waals surface area contributed by atoms with Gasteiger partial charge >= 0.3 is 35.8 Å². The van der Waals surface area contributed by atoms with Crippen molar-refractivity contribution in [2.24, 2.45) is 34.4 Å². The number of aliphatic carboxylic acids is 4. The van der Waals surface area contributed by atoms with Gasteiger partial charge in [0.2, 0.25) is 0 Å². The van der Waals surface area contributed by atoms with Crippen LogP contribution in [-0.2, 0) is 39.9 Å². The van der Waals surface area contributed by atoms with Gasteiger partial charge in [-0.25, -0.2) is 9.59 Å². The van der Waals surface area contributed by atoms with Gasteiger partial charge in [0.1, 0.15) is 36.0 Å². The number of phenols is 1. The van der Waals surface area contributed by atoms with E-state index in [4.69, 9.17) is 59.9 Å². The summed E-state index contributed by atoms with van der Waals surface area (Å²) >= 11 is 0. The molecule has 0 radical (unpaired) electrons. The molecule has 0 aromatic heterocycles. The standard InChI is InChI=1S/C9H11NO3.C6H12N2O3.C6H14N2O2.C5H9NO4/c10-8(9(12)13)5-6-1-3-7(11)4-2-6;1-3(7)5(9)11-6(10)4(2)8;7-4-2-1-3-5(8)6(9)10;6-3(5(9)10)1-2-4(7)8/h1-4,8,11H,5,10H2,(H,12,13);3-4H,7-8H2,1-2H3;5H,1-4,7-8H2,(H,9,10);3H,1-2,6H2,(H,7,8)(H,9,10)/t8-;3-,4-;5-;3-/m0000/s1. The van der Waals surface area contributed by atoms with Crippen LogP contribution in [0.25, 0.3) is 0 Å². The van der Waals surface area contributed by atoms with E-state index < -0.39 is 66.0 Å². The molecule has 1 rings (SSSR count). The molecule has 18 nitrogen and oxygen atoms in total. The van der Waals surface area contributed by atoms with Crippen LogP contribution in [0.4, 0.5) is 0 Å². The van der Waals surface area contributed by atoms with Crippen molar-refractivity contribution in [2.45, 2.75) is 82.6 Å². The first kappa shape index (κ1) is 44.2. The van der Waals surface area contributed by atoms with E-state index in [1.54, 1.807) is 12.1 Å². The minimum atomic E-state index is -1.17. The van der Waals surface area contributed by atoms with Crippen molar-refractivity contribution in [1.82, 2.24) is 0 Å². The van der Waals surface area contributed by atoms with E-state index in [2.05, 4.69) is 4.74 Å². The van der Waals surface area contributed by atoms with E-state index in [9.17, 15) is 28.8 Å². The third-order valence-electron chi connectivity index (χ3n) is 4.93. The summed E-state index contributed by atoms with van der Waals surface area (Å²) < 4.78 is 4.25. The molecule has 0 aliphatic rings. The summed E-state index contributed by atoms with van der Waals surface area (Å²) in [6.45, 7) is 3.46. The van der Waals surface area contributed by atoms with E-state index in [0.29, 0.717) is 13.0 Å². The first-order valence-electron chi connectivity index (χ1n) is 13.2. The number of phenolic OH excluding ortho intramolecular Hbond substituents is 1. The Balaban J connectivity index is -0.000000513. The maximum atomic E-state index is 10.6. The molecule has 0 amide bonds. The third-order valence-corrected chi connectivity index (χ3v) is 4.93. The summed E-state index contributed by atoms with van der Waals surface area (Å²) in [6, 6.07) is 2.06. The zero-order valence-electron chi connectivity index (χ0n) is 24.7. The van der Waals surface area contributed by atoms with E-state index in [0.717, 1.165) is 18.4 Å². The number of nitrogens with two attached hydrogens (primary N) is 6. The minimum Gasteiger partial charge on any atom is -0.508 e. The maximum Gasteiger partial charge on any atom is 0.330 e. The normalized spacial score (nSPS) is 13.3. The van der Waals surface area contributed by atoms with E-state index in [-0.39, 0.29) is 25.0 Å². The molecule has 18 heteroatoms. The quantitative estimate of drug-likeness (QED) is 0.0592. The first-order valence-corrected chi connectivity index (χ1v) is 13.2. The molecule has 0 saturated carbocycles. The molecule has 1 aromatic rings. The second kappa shape index (κ2) is 25.3. The summed E-state index contributed by atoms with van der Waals surface area (Å²) in [5, 5.41) is 42.1. The van der Waals surface area contributed by atoms with Crippen LogP contribution in [-0.4, -0.2) is 98.1 Å². The number of unbranched alkanes of at least 4 members (excludes halogenated alkanes) is 1. The fourth-order valence-electron chi connectivity index (χ4n) is 2.29. The van der Waals surface area contributed by atoms with Crippen LogP contribution in [0.1, 0.15) is 51.5 Å². The molecule has 5 atom stereocenters. The highest BCUT2D eigenvalue weighted by Crippen LogP contribution is 2.10. The van der Waals surface area contributed by atoms with Gasteiger partial charge in [-0.3, -0.25) is 19.2 Å². The number of benzene rings is 1. The van der Waals surface area contributed by atoms with Gasteiger partial charge < -0.3 is 64.7 Å². The number of carbonyl (C=O) groups excluding carboxylic acids is 2. The molecule has 252 valence electrons. The largest absolute Gasteiger partial charge is 0.508 e. The predicted molar refractivity (Wildman–Crippen MR) is 157 cm³/mol. The van der Waals surface area contributed by atoms with Crippen molar-refractivity contribution < 1.29 is 59.0 Å². The highest BCUT2D eigenvalue weighted by Gasteiger charge is 2.17. The smallest absolute Gasteiger partial charge is 0.330 e. The number of carbonyl (C=O) groups is 6. The third kappa shape index (κ3) is 26.7. The Morgan fingerprint density at radius 2 is 1.09 bits per heavy atom. The lowest BCUT2D eigenvalue weighted by molar-refractivity contribution is -0.161. The van der Waals surface area contributed by atoms with E-state index in [1.165, 1.54) is 26.0 Å².